The van der Waals surface area contributed by atoms with Crippen molar-refractivity contribution in [1.82, 2.24) is 4.90 Å². The van der Waals surface area contributed by atoms with E-state index < -0.39 is 11.9 Å². The first-order valence-electron chi connectivity index (χ1n) is 7.14. The van der Waals surface area contributed by atoms with Crippen LogP contribution in [0.2, 0.25) is 0 Å². The summed E-state index contributed by atoms with van der Waals surface area (Å²) < 4.78 is 0. The molecule has 2 amide bonds. The number of nitrogens with zero attached hydrogens (tertiary/aromatic N) is 2. The summed E-state index contributed by atoms with van der Waals surface area (Å²) in [6.07, 6.45) is 0.121. The van der Waals surface area contributed by atoms with Gasteiger partial charge in [-0.15, -0.1) is 0 Å². The number of anilines is 1. The van der Waals surface area contributed by atoms with E-state index in [2.05, 4.69) is 0 Å². The average Bonchev–Trinajstić information content (AvgIpc) is 2.82. The van der Waals surface area contributed by atoms with Gasteiger partial charge in [-0.2, -0.15) is 0 Å². The fourth-order valence-corrected chi connectivity index (χ4v) is 2.73. The molecule has 1 saturated heterocycles. The number of rotatable bonds is 4. The van der Waals surface area contributed by atoms with Crippen molar-refractivity contribution in [2.75, 3.05) is 25.0 Å². The van der Waals surface area contributed by atoms with Crippen LogP contribution in [0.15, 0.2) is 18.2 Å². The molecule has 1 aromatic carbocycles. The van der Waals surface area contributed by atoms with Crippen molar-refractivity contribution in [3.63, 3.8) is 0 Å². The van der Waals surface area contributed by atoms with Crippen LogP contribution >= 0.6 is 0 Å². The Hall–Kier alpha value is -2.37. The molecular formula is C16H20N2O4. The predicted octanol–water partition coefficient (Wildman–Crippen LogP) is 1.20. The van der Waals surface area contributed by atoms with Gasteiger partial charge < -0.3 is 14.9 Å². The fraction of sp³-hybridized carbons (Fsp3) is 0.438. The van der Waals surface area contributed by atoms with Crippen LogP contribution in [0.1, 0.15) is 17.5 Å². The highest BCUT2D eigenvalue weighted by Gasteiger charge is 2.37. The van der Waals surface area contributed by atoms with E-state index in [-0.39, 0.29) is 24.8 Å². The second-order valence-electron chi connectivity index (χ2n) is 5.71. The Balaban J connectivity index is 2.16. The molecule has 1 N–H and O–H groups in total. The largest absolute Gasteiger partial charge is 0.480 e. The lowest BCUT2D eigenvalue weighted by atomic mass is 10.1. The maximum absolute atomic E-state index is 12.2. The first-order chi connectivity index (χ1) is 10.3. The number of hydrogen-bond acceptors (Lipinski definition) is 3. The number of carboxylic acid groups (broad SMARTS) is 1. The quantitative estimate of drug-likeness (QED) is 0.906. The topological polar surface area (TPSA) is 77.9 Å². The third-order valence-electron chi connectivity index (χ3n) is 4.09. The third kappa shape index (κ3) is 3.10. The molecule has 0 radical (unpaired) electrons. The molecule has 1 aliphatic rings. The van der Waals surface area contributed by atoms with Gasteiger partial charge in [-0.3, -0.25) is 14.4 Å². The van der Waals surface area contributed by atoms with Gasteiger partial charge in [0.25, 0.3) is 0 Å². The molecule has 1 aromatic rings. The van der Waals surface area contributed by atoms with Crippen LogP contribution in [0.25, 0.3) is 0 Å². The van der Waals surface area contributed by atoms with Crippen molar-refractivity contribution in [3.8, 4) is 0 Å². The van der Waals surface area contributed by atoms with E-state index in [4.69, 9.17) is 5.11 Å². The number of hydrogen-bond donors (Lipinski definition) is 1. The summed E-state index contributed by atoms with van der Waals surface area (Å²) in [5.74, 6) is -1.96. The Morgan fingerprint density at radius 1 is 1.36 bits per heavy atom. The molecule has 0 aromatic heterocycles. The van der Waals surface area contributed by atoms with Crippen LogP contribution in [0.3, 0.4) is 0 Å². The minimum absolute atomic E-state index is 0.101. The summed E-state index contributed by atoms with van der Waals surface area (Å²) in [4.78, 5) is 37.9. The lowest BCUT2D eigenvalue weighted by Crippen LogP contribution is -2.37. The average molecular weight is 304 g/mol. The van der Waals surface area contributed by atoms with Crippen LogP contribution < -0.4 is 4.90 Å². The van der Waals surface area contributed by atoms with Gasteiger partial charge in [-0.25, -0.2) is 0 Å². The summed E-state index contributed by atoms with van der Waals surface area (Å²) in [5, 5.41) is 8.75. The number of benzene rings is 1. The van der Waals surface area contributed by atoms with Gasteiger partial charge in [0.05, 0.1) is 5.92 Å². The van der Waals surface area contributed by atoms with Crippen LogP contribution in [0.4, 0.5) is 5.69 Å². The van der Waals surface area contributed by atoms with Crippen molar-refractivity contribution in [2.24, 2.45) is 5.92 Å². The minimum atomic E-state index is -1.06. The van der Waals surface area contributed by atoms with E-state index in [1.807, 2.05) is 32.0 Å². The molecule has 0 bridgehead atoms. The number of amides is 2. The monoisotopic (exact) mass is 304 g/mol. The molecule has 0 spiro atoms. The molecule has 2 rings (SSSR count). The Bertz CT molecular complexity index is 627. The highest BCUT2D eigenvalue weighted by Crippen LogP contribution is 2.29. The summed E-state index contributed by atoms with van der Waals surface area (Å²) in [6, 6.07) is 5.73. The van der Waals surface area contributed by atoms with Gasteiger partial charge in [-0.05, 0) is 31.0 Å². The molecule has 1 aliphatic heterocycles. The van der Waals surface area contributed by atoms with Crippen LogP contribution in [0, 0.1) is 19.8 Å². The Morgan fingerprint density at radius 3 is 2.68 bits per heavy atom. The Labute approximate surface area is 129 Å². The highest BCUT2D eigenvalue weighted by atomic mass is 16.4. The lowest BCUT2D eigenvalue weighted by molar-refractivity contribution is -0.145. The van der Waals surface area contributed by atoms with Crippen molar-refractivity contribution in [3.05, 3.63) is 29.3 Å². The highest BCUT2D eigenvalue weighted by molar-refractivity contribution is 6.01. The van der Waals surface area contributed by atoms with Gasteiger partial charge in [0.2, 0.25) is 11.8 Å². The number of carboxylic acids is 1. The zero-order valence-corrected chi connectivity index (χ0v) is 13.0. The van der Waals surface area contributed by atoms with E-state index >= 15 is 0 Å². The third-order valence-corrected chi connectivity index (χ3v) is 4.09. The van der Waals surface area contributed by atoms with Gasteiger partial charge in [0.15, 0.2) is 0 Å². The van der Waals surface area contributed by atoms with E-state index in [0.717, 1.165) is 21.7 Å². The Kier molecular flexibility index (Phi) is 4.49. The van der Waals surface area contributed by atoms with Crippen LogP contribution in [-0.4, -0.2) is 47.9 Å². The number of aliphatic carboxylic acids is 1. The summed E-state index contributed by atoms with van der Waals surface area (Å²) >= 11 is 0. The normalized spacial score (nSPS) is 17.7. The van der Waals surface area contributed by atoms with Crippen LogP contribution in [0.5, 0.6) is 0 Å². The van der Waals surface area contributed by atoms with Crippen LogP contribution in [-0.2, 0) is 14.4 Å². The number of likely N-dealkylation sites (N-methyl/N-ethyl adjacent to an activating group) is 1. The summed E-state index contributed by atoms with van der Waals surface area (Å²) in [7, 11) is 1.45. The number of aryl methyl sites for hydroxylation is 1. The second-order valence-corrected chi connectivity index (χ2v) is 5.71. The lowest BCUT2D eigenvalue weighted by Gasteiger charge is -2.21. The van der Waals surface area contributed by atoms with E-state index in [1.54, 1.807) is 4.90 Å². The fourth-order valence-electron chi connectivity index (χ4n) is 2.73. The van der Waals surface area contributed by atoms with Crippen molar-refractivity contribution < 1.29 is 19.5 Å². The van der Waals surface area contributed by atoms with Crippen molar-refractivity contribution in [1.29, 1.82) is 0 Å². The molecule has 6 heteroatoms. The standard InChI is InChI=1S/C16H20N2O4/c1-10-5-4-6-13(11(10)2)18-8-12(7-14(18)19)16(22)17(3)9-15(20)21/h4-6,12H,7-9H2,1-3H3,(H,20,21). The van der Waals surface area contributed by atoms with Gasteiger partial charge in [0.1, 0.15) is 6.54 Å². The van der Waals surface area contributed by atoms with E-state index in [9.17, 15) is 14.4 Å². The molecule has 1 unspecified atom stereocenters. The zero-order chi connectivity index (χ0) is 16.4. The molecule has 1 fully saturated rings. The maximum atomic E-state index is 12.2. The number of carbonyl (C=O) groups excluding carboxylic acids is 2. The first kappa shape index (κ1) is 16.0. The number of carbonyl (C=O) groups is 3. The molecule has 1 atom stereocenters. The SMILES string of the molecule is Cc1cccc(N2CC(C(=O)N(C)CC(=O)O)CC2=O)c1C. The van der Waals surface area contributed by atoms with Crippen molar-refractivity contribution in [2.45, 2.75) is 20.3 Å². The molecule has 1 heterocycles. The Morgan fingerprint density at radius 2 is 2.05 bits per heavy atom. The van der Waals surface area contributed by atoms with Gasteiger partial charge >= 0.3 is 5.97 Å². The molecule has 22 heavy (non-hydrogen) atoms. The smallest absolute Gasteiger partial charge is 0.323 e. The van der Waals surface area contributed by atoms with Gasteiger partial charge in [0, 0.05) is 25.7 Å². The van der Waals surface area contributed by atoms with E-state index in [0.29, 0.717) is 6.54 Å². The maximum Gasteiger partial charge on any atom is 0.323 e. The van der Waals surface area contributed by atoms with Crippen molar-refractivity contribution >= 4 is 23.5 Å². The molecular weight excluding hydrogens is 284 g/mol. The second kappa shape index (κ2) is 6.17. The minimum Gasteiger partial charge on any atom is -0.480 e. The molecule has 0 saturated carbocycles. The predicted molar refractivity (Wildman–Crippen MR) is 81.6 cm³/mol. The zero-order valence-electron chi connectivity index (χ0n) is 13.0. The molecule has 6 nitrogen and oxygen atoms in total. The van der Waals surface area contributed by atoms with E-state index in [1.165, 1.54) is 7.05 Å². The van der Waals surface area contributed by atoms with Gasteiger partial charge in [-0.1, -0.05) is 12.1 Å². The molecule has 118 valence electrons. The first-order valence-corrected chi connectivity index (χ1v) is 7.14. The summed E-state index contributed by atoms with van der Waals surface area (Å²) in [5.41, 5.74) is 2.92. The summed E-state index contributed by atoms with van der Waals surface area (Å²) in [6.45, 7) is 3.87. The molecule has 0 aliphatic carbocycles.